The van der Waals surface area contributed by atoms with Crippen molar-refractivity contribution in [1.29, 1.82) is 0 Å². The molecule has 2 heteroatoms. The molecule has 2 nitrogen and oxygen atoms in total. The summed E-state index contributed by atoms with van der Waals surface area (Å²) in [7, 11) is 0. The molecule has 26 heavy (non-hydrogen) atoms. The molecule has 126 valence electrons. The minimum Gasteiger partial charge on any atom is -0.289 e. The third-order valence-corrected chi connectivity index (χ3v) is 4.78. The second-order valence-electron chi connectivity index (χ2n) is 6.49. The van der Waals surface area contributed by atoms with Gasteiger partial charge in [0.2, 0.25) is 0 Å². The van der Waals surface area contributed by atoms with Gasteiger partial charge >= 0.3 is 0 Å². The summed E-state index contributed by atoms with van der Waals surface area (Å²) in [6.45, 7) is 0. The van der Waals surface area contributed by atoms with Crippen molar-refractivity contribution in [2.75, 3.05) is 0 Å². The molecule has 0 aromatic heterocycles. The van der Waals surface area contributed by atoms with Crippen molar-refractivity contribution in [1.82, 2.24) is 0 Å². The Bertz CT molecular complexity index is 916. The molecule has 4 rings (SSSR count). The van der Waals surface area contributed by atoms with E-state index in [1.165, 1.54) is 0 Å². The van der Waals surface area contributed by atoms with Gasteiger partial charge in [-0.3, -0.25) is 9.59 Å². The van der Waals surface area contributed by atoms with Gasteiger partial charge in [-0.05, 0) is 11.1 Å². The molecule has 0 N–H and O–H groups in total. The molecular formula is C24H18O2. The van der Waals surface area contributed by atoms with Crippen molar-refractivity contribution < 1.29 is 9.59 Å². The van der Waals surface area contributed by atoms with E-state index in [0.717, 1.165) is 11.1 Å². The summed E-state index contributed by atoms with van der Waals surface area (Å²) in [6.07, 6.45) is 0.948. The maximum Gasteiger partial charge on any atom is 0.190 e. The summed E-state index contributed by atoms with van der Waals surface area (Å²) in [5.41, 5.74) is 4.33. The van der Waals surface area contributed by atoms with E-state index in [9.17, 15) is 9.59 Å². The lowest BCUT2D eigenvalue weighted by atomic mass is 9.79. The topological polar surface area (TPSA) is 34.1 Å². The van der Waals surface area contributed by atoms with E-state index in [1.807, 2.05) is 72.8 Å². The molecule has 0 unspecified atom stereocenters. The summed E-state index contributed by atoms with van der Waals surface area (Å²) in [5.74, 6) is -0.0648. The van der Waals surface area contributed by atoms with Crippen LogP contribution < -0.4 is 0 Å². The predicted octanol–water partition coefficient (Wildman–Crippen LogP) is 4.85. The van der Waals surface area contributed by atoms with Crippen LogP contribution >= 0.6 is 0 Å². The number of fused-ring (bicyclic) bond motifs is 1. The summed E-state index contributed by atoms with van der Waals surface area (Å²) in [4.78, 5) is 26.3. The highest BCUT2D eigenvalue weighted by molar-refractivity contribution is 6.27. The zero-order valence-electron chi connectivity index (χ0n) is 14.3. The largest absolute Gasteiger partial charge is 0.289 e. The summed E-state index contributed by atoms with van der Waals surface area (Å²) < 4.78 is 0. The average molecular weight is 338 g/mol. The zero-order valence-corrected chi connectivity index (χ0v) is 14.3. The highest BCUT2D eigenvalue weighted by atomic mass is 16.1. The molecule has 1 aliphatic rings. The Hall–Kier alpha value is -3.26. The van der Waals surface area contributed by atoms with Gasteiger partial charge in [0.1, 0.15) is 0 Å². The van der Waals surface area contributed by atoms with E-state index in [0.29, 0.717) is 35.1 Å². The lowest BCUT2D eigenvalue weighted by Gasteiger charge is -2.21. The van der Waals surface area contributed by atoms with Crippen molar-refractivity contribution in [3.63, 3.8) is 0 Å². The van der Waals surface area contributed by atoms with Crippen LogP contribution in [0.15, 0.2) is 96.1 Å². The molecular weight excluding hydrogens is 320 g/mol. The molecule has 3 aromatic rings. The Morgan fingerprint density at radius 1 is 0.462 bits per heavy atom. The second kappa shape index (κ2) is 6.93. The van der Waals surface area contributed by atoms with Crippen molar-refractivity contribution >= 4 is 11.6 Å². The number of hydrogen-bond donors (Lipinski definition) is 0. The summed E-state index contributed by atoms with van der Waals surface area (Å²) >= 11 is 0. The fraction of sp³-hybridized carbons (Fsp3) is 0.0833. The van der Waals surface area contributed by atoms with Crippen molar-refractivity contribution in [3.8, 4) is 0 Å². The van der Waals surface area contributed by atoms with Gasteiger partial charge in [-0.25, -0.2) is 0 Å². The molecule has 0 bridgehead atoms. The predicted molar refractivity (Wildman–Crippen MR) is 102 cm³/mol. The van der Waals surface area contributed by atoms with Gasteiger partial charge < -0.3 is 0 Å². The maximum absolute atomic E-state index is 13.2. The van der Waals surface area contributed by atoms with E-state index in [2.05, 4.69) is 0 Å². The number of benzene rings is 3. The van der Waals surface area contributed by atoms with Gasteiger partial charge in [0, 0.05) is 35.1 Å². The number of Topliss-reactive ketones (excluding diaryl/α,β-unsaturated/α-hetero) is 2. The van der Waals surface area contributed by atoms with Crippen LogP contribution in [0.4, 0.5) is 0 Å². The average Bonchev–Trinajstić information content (AvgIpc) is 2.70. The number of ketones is 2. The molecule has 0 saturated carbocycles. The van der Waals surface area contributed by atoms with Crippen molar-refractivity contribution in [2.24, 2.45) is 0 Å². The lowest BCUT2D eigenvalue weighted by molar-refractivity contribution is 0.0971. The van der Waals surface area contributed by atoms with E-state index >= 15 is 0 Å². The second-order valence-corrected chi connectivity index (χ2v) is 6.49. The normalized spacial score (nSPS) is 13.7. The molecule has 0 fully saturated rings. The minimum atomic E-state index is -0.0324. The van der Waals surface area contributed by atoms with Crippen LogP contribution in [-0.4, -0.2) is 11.6 Å². The molecule has 0 radical (unpaired) electrons. The van der Waals surface area contributed by atoms with Gasteiger partial charge in [0.25, 0.3) is 0 Å². The Morgan fingerprint density at radius 3 is 1.19 bits per heavy atom. The fourth-order valence-corrected chi connectivity index (χ4v) is 3.45. The third-order valence-electron chi connectivity index (χ3n) is 4.78. The molecule has 0 atom stereocenters. The zero-order chi connectivity index (χ0) is 17.9. The van der Waals surface area contributed by atoms with E-state index in [-0.39, 0.29) is 11.6 Å². The fourth-order valence-electron chi connectivity index (χ4n) is 3.45. The van der Waals surface area contributed by atoms with E-state index in [1.54, 1.807) is 12.1 Å². The SMILES string of the molecule is O=C1C(Cc2ccccc2)=C(Cc2ccccc2)C(=O)c2ccccc21. The Balaban J connectivity index is 1.82. The first-order chi connectivity index (χ1) is 12.7. The van der Waals surface area contributed by atoms with Crippen LogP contribution in [0.5, 0.6) is 0 Å². The Morgan fingerprint density at radius 2 is 0.808 bits per heavy atom. The standard InChI is InChI=1S/C24H18O2/c25-23-19-13-7-8-14-20(19)24(26)22(16-18-11-5-2-6-12-18)21(23)15-17-9-3-1-4-10-17/h1-14H,15-16H2. The van der Waals surface area contributed by atoms with Gasteiger partial charge in [0.05, 0.1) is 0 Å². The third kappa shape index (κ3) is 3.02. The Kier molecular flexibility index (Phi) is 4.32. The molecule has 1 aliphatic carbocycles. The number of carbonyl (C=O) groups is 2. The van der Waals surface area contributed by atoms with Gasteiger partial charge in [-0.15, -0.1) is 0 Å². The molecule has 3 aromatic carbocycles. The highest BCUT2D eigenvalue weighted by Crippen LogP contribution is 2.30. The van der Waals surface area contributed by atoms with Crippen LogP contribution in [-0.2, 0) is 12.8 Å². The van der Waals surface area contributed by atoms with Crippen LogP contribution in [0, 0.1) is 0 Å². The number of hydrogen-bond acceptors (Lipinski definition) is 2. The quantitative estimate of drug-likeness (QED) is 0.681. The number of carbonyl (C=O) groups excluding carboxylic acids is 2. The van der Waals surface area contributed by atoms with Crippen molar-refractivity contribution in [2.45, 2.75) is 12.8 Å². The molecule has 0 amide bonds. The minimum absolute atomic E-state index is 0.0324. The smallest absolute Gasteiger partial charge is 0.190 e. The number of allylic oxidation sites excluding steroid dienone is 2. The lowest BCUT2D eigenvalue weighted by Crippen LogP contribution is -2.24. The molecule has 0 aliphatic heterocycles. The van der Waals surface area contributed by atoms with Crippen LogP contribution in [0.1, 0.15) is 31.8 Å². The monoisotopic (exact) mass is 338 g/mol. The van der Waals surface area contributed by atoms with Gasteiger partial charge in [-0.1, -0.05) is 84.9 Å². The van der Waals surface area contributed by atoms with Gasteiger partial charge in [0.15, 0.2) is 11.6 Å². The van der Waals surface area contributed by atoms with Crippen LogP contribution in [0.3, 0.4) is 0 Å². The first-order valence-corrected chi connectivity index (χ1v) is 8.72. The van der Waals surface area contributed by atoms with E-state index in [4.69, 9.17) is 0 Å². The van der Waals surface area contributed by atoms with Crippen molar-refractivity contribution in [3.05, 3.63) is 118 Å². The Labute approximate surface area is 152 Å². The summed E-state index contributed by atoms with van der Waals surface area (Å²) in [5, 5.41) is 0. The maximum atomic E-state index is 13.2. The van der Waals surface area contributed by atoms with Crippen LogP contribution in [0.25, 0.3) is 0 Å². The highest BCUT2D eigenvalue weighted by Gasteiger charge is 2.31. The first-order valence-electron chi connectivity index (χ1n) is 8.72. The van der Waals surface area contributed by atoms with Gasteiger partial charge in [-0.2, -0.15) is 0 Å². The van der Waals surface area contributed by atoms with Crippen LogP contribution in [0.2, 0.25) is 0 Å². The van der Waals surface area contributed by atoms with E-state index < -0.39 is 0 Å². The summed E-state index contributed by atoms with van der Waals surface area (Å²) in [6, 6.07) is 26.8. The number of rotatable bonds is 4. The molecule has 0 saturated heterocycles. The molecule has 0 spiro atoms. The first kappa shape index (κ1) is 16.2. The molecule has 0 heterocycles.